The lowest BCUT2D eigenvalue weighted by molar-refractivity contribution is -0.145. The summed E-state index contributed by atoms with van der Waals surface area (Å²) in [5, 5.41) is 8.63. The summed E-state index contributed by atoms with van der Waals surface area (Å²) in [5.41, 5.74) is -0.541. The Hall–Kier alpha value is -2.24. The first kappa shape index (κ1) is 18.8. The van der Waals surface area contributed by atoms with Gasteiger partial charge in [0.05, 0.1) is 7.11 Å². The van der Waals surface area contributed by atoms with Crippen LogP contribution in [0.3, 0.4) is 0 Å². The van der Waals surface area contributed by atoms with Gasteiger partial charge in [-0.2, -0.15) is 0 Å². The van der Waals surface area contributed by atoms with Crippen LogP contribution in [-0.2, 0) is 14.3 Å². The number of carbonyl (C=O) groups is 2. The lowest BCUT2D eigenvalue weighted by Gasteiger charge is -2.27. The van der Waals surface area contributed by atoms with E-state index in [1.165, 1.54) is 12.0 Å². The maximum absolute atomic E-state index is 11.8. The van der Waals surface area contributed by atoms with Crippen molar-refractivity contribution in [2.45, 2.75) is 45.3 Å². The van der Waals surface area contributed by atoms with Gasteiger partial charge in [-0.25, -0.2) is 9.59 Å². The molecule has 1 unspecified atom stereocenters. The largest absolute Gasteiger partial charge is 0.508 e. The van der Waals surface area contributed by atoms with Crippen molar-refractivity contribution in [1.82, 2.24) is 4.90 Å². The summed E-state index contributed by atoms with van der Waals surface area (Å²) in [6, 6.07) is 8.23. The molecule has 0 spiro atoms. The zero-order chi connectivity index (χ0) is 17.5. The van der Waals surface area contributed by atoms with E-state index in [1.807, 2.05) is 6.07 Å². The summed E-state index contributed by atoms with van der Waals surface area (Å²) in [6.45, 7) is 5.95. The summed E-state index contributed by atoms with van der Waals surface area (Å²) in [7, 11) is 1.33. The van der Waals surface area contributed by atoms with Crippen LogP contribution in [0.5, 0.6) is 5.75 Å². The third-order valence-corrected chi connectivity index (χ3v) is 3.11. The smallest absolute Gasteiger partial charge is 0.411 e. The number of rotatable bonds is 1. The summed E-state index contributed by atoms with van der Waals surface area (Å²) < 4.78 is 9.88. The molecule has 0 aliphatic carbocycles. The molecule has 1 amide bonds. The molecule has 1 aromatic carbocycles. The van der Waals surface area contributed by atoms with Crippen LogP contribution in [0.15, 0.2) is 30.3 Å². The molecule has 128 valence electrons. The standard InChI is InChI=1S/C11H19NO4.C6H6O/c1-11(2,3)16-10(14)12-7-5-6-8(12)9(13)15-4;7-6-4-2-1-3-5-6/h8H,5-7H2,1-4H3;1-5,7H. The van der Waals surface area contributed by atoms with Gasteiger partial charge >= 0.3 is 12.1 Å². The first-order valence-corrected chi connectivity index (χ1v) is 7.56. The number of methoxy groups -OCH3 is 1. The van der Waals surface area contributed by atoms with Gasteiger partial charge in [0.2, 0.25) is 0 Å². The molecular formula is C17H25NO5. The van der Waals surface area contributed by atoms with Crippen LogP contribution in [0.4, 0.5) is 4.79 Å². The molecule has 1 fully saturated rings. The van der Waals surface area contributed by atoms with Crippen LogP contribution in [0.1, 0.15) is 33.6 Å². The van der Waals surface area contributed by atoms with Crippen molar-refractivity contribution < 1.29 is 24.2 Å². The van der Waals surface area contributed by atoms with Gasteiger partial charge < -0.3 is 14.6 Å². The number of hydrogen-bond donors (Lipinski definition) is 1. The van der Waals surface area contributed by atoms with Gasteiger partial charge in [0.1, 0.15) is 17.4 Å². The van der Waals surface area contributed by atoms with Gasteiger partial charge in [-0.15, -0.1) is 0 Å². The normalized spacial score (nSPS) is 17.0. The van der Waals surface area contributed by atoms with Crippen LogP contribution in [0, 0.1) is 0 Å². The molecule has 6 heteroatoms. The van der Waals surface area contributed by atoms with Crippen molar-refractivity contribution in [1.29, 1.82) is 0 Å². The van der Waals surface area contributed by atoms with Crippen molar-refractivity contribution in [2.75, 3.05) is 13.7 Å². The number of likely N-dealkylation sites (tertiary alicyclic amines) is 1. The van der Waals surface area contributed by atoms with Crippen LogP contribution >= 0.6 is 0 Å². The zero-order valence-electron chi connectivity index (χ0n) is 14.1. The molecule has 6 nitrogen and oxygen atoms in total. The number of phenols is 1. The number of carbonyl (C=O) groups excluding carboxylic acids is 2. The maximum atomic E-state index is 11.8. The predicted octanol–water partition coefficient (Wildman–Crippen LogP) is 2.95. The molecule has 0 radical (unpaired) electrons. The Labute approximate surface area is 137 Å². The predicted molar refractivity (Wildman–Crippen MR) is 86.1 cm³/mol. The molecule has 2 rings (SSSR count). The number of nitrogens with zero attached hydrogens (tertiary/aromatic N) is 1. The summed E-state index contributed by atoms with van der Waals surface area (Å²) in [6.07, 6.45) is 1.01. The van der Waals surface area contributed by atoms with Crippen molar-refractivity contribution >= 4 is 12.1 Å². The molecule has 0 saturated carbocycles. The van der Waals surface area contributed by atoms with E-state index in [0.717, 1.165) is 6.42 Å². The van der Waals surface area contributed by atoms with E-state index in [-0.39, 0.29) is 5.97 Å². The van der Waals surface area contributed by atoms with Crippen LogP contribution in [0.2, 0.25) is 0 Å². The molecule has 1 aromatic rings. The van der Waals surface area contributed by atoms with E-state index in [0.29, 0.717) is 18.7 Å². The first-order valence-electron chi connectivity index (χ1n) is 7.56. The molecule has 1 atom stereocenters. The lowest BCUT2D eigenvalue weighted by atomic mass is 10.2. The van der Waals surface area contributed by atoms with Crippen molar-refractivity contribution in [2.24, 2.45) is 0 Å². The number of hydrogen-bond acceptors (Lipinski definition) is 5. The quantitative estimate of drug-likeness (QED) is 0.804. The van der Waals surface area contributed by atoms with Gasteiger partial charge in [0, 0.05) is 6.54 Å². The van der Waals surface area contributed by atoms with Crippen LogP contribution in [0.25, 0.3) is 0 Å². The Morgan fingerprint density at radius 2 is 1.83 bits per heavy atom. The van der Waals surface area contributed by atoms with Crippen LogP contribution < -0.4 is 0 Å². The number of ether oxygens (including phenoxy) is 2. The lowest BCUT2D eigenvalue weighted by Crippen LogP contribution is -2.43. The van der Waals surface area contributed by atoms with Crippen molar-refractivity contribution in [3.8, 4) is 5.75 Å². The fourth-order valence-corrected chi connectivity index (χ4v) is 2.11. The first-order chi connectivity index (χ1) is 10.7. The van der Waals surface area contributed by atoms with Gasteiger partial charge in [0.15, 0.2) is 0 Å². The third-order valence-electron chi connectivity index (χ3n) is 3.11. The molecule has 1 aliphatic rings. The van der Waals surface area contributed by atoms with E-state index in [9.17, 15) is 9.59 Å². The van der Waals surface area contributed by atoms with Crippen molar-refractivity contribution in [3.63, 3.8) is 0 Å². The second kappa shape index (κ2) is 8.41. The Bertz CT molecular complexity index is 509. The highest BCUT2D eigenvalue weighted by Crippen LogP contribution is 2.21. The Morgan fingerprint density at radius 1 is 1.22 bits per heavy atom. The van der Waals surface area contributed by atoms with E-state index >= 15 is 0 Å². The van der Waals surface area contributed by atoms with Gasteiger partial charge in [-0.1, -0.05) is 18.2 Å². The highest BCUT2D eigenvalue weighted by Gasteiger charge is 2.37. The number of amides is 1. The fourth-order valence-electron chi connectivity index (χ4n) is 2.11. The number of benzene rings is 1. The molecular weight excluding hydrogens is 298 g/mol. The Kier molecular flexibility index (Phi) is 6.88. The molecule has 0 aromatic heterocycles. The van der Waals surface area contributed by atoms with Gasteiger partial charge in [-0.3, -0.25) is 4.90 Å². The molecule has 0 bridgehead atoms. The van der Waals surface area contributed by atoms with Gasteiger partial charge in [-0.05, 0) is 45.7 Å². The second-order valence-electron chi connectivity index (χ2n) is 6.19. The Morgan fingerprint density at radius 3 is 2.26 bits per heavy atom. The van der Waals surface area contributed by atoms with Crippen molar-refractivity contribution in [3.05, 3.63) is 30.3 Å². The van der Waals surface area contributed by atoms with E-state index in [1.54, 1.807) is 45.0 Å². The minimum absolute atomic E-state index is 0.322. The number of esters is 1. The molecule has 23 heavy (non-hydrogen) atoms. The minimum atomic E-state index is -0.541. The average Bonchev–Trinajstić information content (AvgIpc) is 2.96. The topological polar surface area (TPSA) is 76.1 Å². The number of aromatic hydroxyl groups is 1. The fraction of sp³-hybridized carbons (Fsp3) is 0.529. The van der Waals surface area contributed by atoms with Gasteiger partial charge in [0.25, 0.3) is 0 Å². The molecule has 1 saturated heterocycles. The number of phenolic OH excluding ortho intramolecular Hbond substituents is 1. The molecule has 1 heterocycles. The van der Waals surface area contributed by atoms with E-state index in [2.05, 4.69) is 4.74 Å². The average molecular weight is 323 g/mol. The zero-order valence-corrected chi connectivity index (χ0v) is 14.1. The SMILES string of the molecule is COC(=O)C1CCCN1C(=O)OC(C)(C)C.Oc1ccccc1. The molecule has 1 aliphatic heterocycles. The van der Waals surface area contributed by atoms with E-state index < -0.39 is 17.7 Å². The summed E-state index contributed by atoms with van der Waals surface area (Å²) in [5.74, 6) is -0.0501. The second-order valence-corrected chi connectivity index (χ2v) is 6.19. The summed E-state index contributed by atoms with van der Waals surface area (Å²) in [4.78, 5) is 24.7. The third kappa shape index (κ3) is 6.59. The summed E-state index contributed by atoms with van der Waals surface area (Å²) >= 11 is 0. The highest BCUT2D eigenvalue weighted by molar-refractivity contribution is 5.82. The number of para-hydroxylation sites is 1. The maximum Gasteiger partial charge on any atom is 0.411 e. The molecule has 1 N–H and O–H groups in total. The minimum Gasteiger partial charge on any atom is -0.508 e. The highest BCUT2D eigenvalue weighted by atomic mass is 16.6. The Balaban J connectivity index is 0.000000313. The van der Waals surface area contributed by atoms with E-state index in [4.69, 9.17) is 9.84 Å². The monoisotopic (exact) mass is 323 g/mol. The van der Waals surface area contributed by atoms with Crippen LogP contribution in [-0.4, -0.2) is 47.4 Å².